The van der Waals surface area contributed by atoms with E-state index in [0.717, 1.165) is 15.8 Å². The average Bonchev–Trinajstić information content (AvgIpc) is 3.10. The highest BCUT2D eigenvalue weighted by atomic mass is 79.9. The molecule has 1 amide bonds. The summed E-state index contributed by atoms with van der Waals surface area (Å²) in [5, 5.41) is 11.5. The van der Waals surface area contributed by atoms with Gasteiger partial charge in [0.15, 0.2) is 0 Å². The highest BCUT2D eigenvalue weighted by Crippen LogP contribution is 2.27. The topological polar surface area (TPSA) is 101 Å². The van der Waals surface area contributed by atoms with Crippen LogP contribution in [0.25, 0.3) is 0 Å². The Labute approximate surface area is 189 Å². The molecule has 152 valence electrons. The molecule has 7 nitrogen and oxygen atoms in total. The Morgan fingerprint density at radius 1 is 1.14 bits per heavy atom. The number of hydrogen-bond donors (Lipinski definition) is 2. The fraction of sp³-hybridized carbons (Fsp3) is 0.118. The summed E-state index contributed by atoms with van der Waals surface area (Å²) in [4.78, 5) is 12.0. The van der Waals surface area contributed by atoms with E-state index < -0.39 is 10.0 Å². The zero-order valence-corrected chi connectivity index (χ0v) is 19.3. The second-order valence-corrected chi connectivity index (χ2v) is 10.2. The molecule has 0 fully saturated rings. The predicted molar refractivity (Wildman–Crippen MR) is 117 cm³/mol. The molecule has 29 heavy (non-hydrogen) atoms. The lowest BCUT2D eigenvalue weighted by atomic mass is 10.2. The second-order valence-electron chi connectivity index (χ2n) is 5.70. The van der Waals surface area contributed by atoms with Crippen molar-refractivity contribution < 1.29 is 13.2 Å². The number of carbonyl (C=O) groups excluding carboxylic acids is 1. The van der Waals surface area contributed by atoms with E-state index in [1.807, 2.05) is 6.07 Å². The molecular weight excluding hydrogens is 523 g/mol. The van der Waals surface area contributed by atoms with Crippen molar-refractivity contribution in [2.75, 3.05) is 11.3 Å². The summed E-state index contributed by atoms with van der Waals surface area (Å²) in [5.41, 5.74) is 0.531. The molecule has 3 aromatic rings. The van der Waals surface area contributed by atoms with Gasteiger partial charge in [-0.3, -0.25) is 9.52 Å². The number of nitrogens with one attached hydrogen (secondary N) is 2. The molecule has 3 rings (SSSR count). The number of aromatic nitrogens is 2. The van der Waals surface area contributed by atoms with Crippen LogP contribution in [0.3, 0.4) is 0 Å². The molecule has 1 heterocycles. The smallest absolute Gasteiger partial charge is 0.265 e. The molecule has 0 saturated heterocycles. The third kappa shape index (κ3) is 5.89. The number of nitrogens with zero attached hydrogens (tertiary/aromatic N) is 2. The van der Waals surface area contributed by atoms with Gasteiger partial charge in [0.2, 0.25) is 5.13 Å². The largest absolute Gasteiger partial charge is 0.352 e. The second kappa shape index (κ2) is 9.40. The first-order valence-electron chi connectivity index (χ1n) is 8.08. The Balaban J connectivity index is 1.59. The van der Waals surface area contributed by atoms with Gasteiger partial charge in [0.25, 0.3) is 15.9 Å². The first-order valence-corrected chi connectivity index (χ1v) is 11.9. The van der Waals surface area contributed by atoms with Crippen LogP contribution in [0.2, 0.25) is 10.0 Å². The highest BCUT2D eigenvalue weighted by Gasteiger charge is 2.20. The minimum Gasteiger partial charge on any atom is -0.352 e. The molecule has 0 bridgehead atoms. The summed E-state index contributed by atoms with van der Waals surface area (Å²) in [6.45, 7) is 0.326. The van der Waals surface area contributed by atoms with Gasteiger partial charge in [-0.25, -0.2) is 8.42 Å². The molecule has 0 aliphatic carbocycles. The van der Waals surface area contributed by atoms with E-state index in [1.165, 1.54) is 18.2 Å². The molecule has 0 aliphatic heterocycles. The fourth-order valence-electron chi connectivity index (χ4n) is 2.26. The van der Waals surface area contributed by atoms with Crippen molar-refractivity contribution in [1.29, 1.82) is 0 Å². The Kier molecular flexibility index (Phi) is 7.12. The van der Waals surface area contributed by atoms with Crippen molar-refractivity contribution in [2.45, 2.75) is 11.3 Å². The van der Waals surface area contributed by atoms with Crippen molar-refractivity contribution in [3.63, 3.8) is 0 Å². The predicted octanol–water partition coefficient (Wildman–Crippen LogP) is 4.38. The van der Waals surface area contributed by atoms with Crippen molar-refractivity contribution in [3.8, 4) is 0 Å². The molecule has 12 heteroatoms. The molecule has 0 aliphatic rings. The summed E-state index contributed by atoms with van der Waals surface area (Å²) >= 11 is 16.2. The molecule has 0 atom stereocenters. The van der Waals surface area contributed by atoms with Crippen molar-refractivity contribution in [3.05, 3.63) is 67.6 Å². The first-order chi connectivity index (χ1) is 13.7. The van der Waals surface area contributed by atoms with Gasteiger partial charge in [0.1, 0.15) is 9.90 Å². The van der Waals surface area contributed by atoms with Crippen LogP contribution in [0.5, 0.6) is 0 Å². The normalized spacial score (nSPS) is 11.3. The van der Waals surface area contributed by atoms with Crippen LogP contribution in [-0.4, -0.2) is 31.1 Å². The van der Waals surface area contributed by atoms with Gasteiger partial charge >= 0.3 is 0 Å². The summed E-state index contributed by atoms with van der Waals surface area (Å²) < 4.78 is 28.1. The van der Waals surface area contributed by atoms with Gasteiger partial charge in [0.05, 0.1) is 5.02 Å². The zero-order valence-electron chi connectivity index (χ0n) is 14.5. The number of amides is 1. The molecule has 0 saturated carbocycles. The van der Waals surface area contributed by atoms with Gasteiger partial charge < -0.3 is 5.32 Å². The minimum absolute atomic E-state index is 0.0434. The number of carbonyl (C=O) groups is 1. The zero-order chi connectivity index (χ0) is 21.0. The maximum Gasteiger partial charge on any atom is 0.265 e. The molecule has 2 aromatic carbocycles. The van der Waals surface area contributed by atoms with E-state index in [1.54, 1.807) is 18.2 Å². The number of halogens is 3. The van der Waals surface area contributed by atoms with Crippen LogP contribution < -0.4 is 10.0 Å². The number of benzene rings is 2. The number of anilines is 1. The molecule has 1 aromatic heterocycles. The monoisotopic (exact) mass is 534 g/mol. The van der Waals surface area contributed by atoms with Crippen LogP contribution in [0.4, 0.5) is 5.13 Å². The summed E-state index contributed by atoms with van der Waals surface area (Å²) in [6, 6.07) is 11.2. The van der Waals surface area contributed by atoms with Crippen LogP contribution >= 0.6 is 50.5 Å². The average molecular weight is 536 g/mol. The van der Waals surface area contributed by atoms with E-state index in [4.69, 9.17) is 23.2 Å². The van der Waals surface area contributed by atoms with Crippen LogP contribution in [0.15, 0.2) is 51.8 Å². The van der Waals surface area contributed by atoms with E-state index in [-0.39, 0.29) is 26.0 Å². The Morgan fingerprint density at radius 2 is 1.93 bits per heavy atom. The van der Waals surface area contributed by atoms with E-state index in [0.29, 0.717) is 23.5 Å². The van der Waals surface area contributed by atoms with Crippen molar-refractivity contribution >= 4 is 71.5 Å². The van der Waals surface area contributed by atoms with Gasteiger partial charge in [-0.15, -0.1) is 10.2 Å². The lowest BCUT2D eigenvalue weighted by Gasteiger charge is -2.07. The molecular formula is C17H13BrCl2N4O3S2. The Bertz CT molecular complexity index is 1160. The van der Waals surface area contributed by atoms with E-state index in [2.05, 4.69) is 36.2 Å². The third-order valence-corrected chi connectivity index (χ3v) is 7.16. The maximum absolute atomic E-state index is 12.5. The van der Waals surface area contributed by atoms with Gasteiger partial charge in [-0.1, -0.05) is 56.5 Å². The summed E-state index contributed by atoms with van der Waals surface area (Å²) in [6.07, 6.45) is 0.400. The van der Waals surface area contributed by atoms with Crippen LogP contribution in [-0.2, 0) is 16.4 Å². The van der Waals surface area contributed by atoms with Crippen molar-refractivity contribution in [1.82, 2.24) is 15.5 Å². The van der Waals surface area contributed by atoms with Gasteiger partial charge in [-0.05, 0) is 36.4 Å². The molecule has 0 unspecified atom stereocenters. The van der Waals surface area contributed by atoms with E-state index in [9.17, 15) is 13.2 Å². The minimum atomic E-state index is -3.96. The highest BCUT2D eigenvalue weighted by molar-refractivity contribution is 9.10. The number of rotatable bonds is 7. The fourth-order valence-corrected chi connectivity index (χ4v) is 5.40. The van der Waals surface area contributed by atoms with Gasteiger partial charge in [0, 0.05) is 28.0 Å². The molecule has 2 N–H and O–H groups in total. The Morgan fingerprint density at radius 3 is 2.69 bits per heavy atom. The summed E-state index contributed by atoms with van der Waals surface area (Å²) in [5.74, 6) is -0.215. The van der Waals surface area contributed by atoms with Crippen molar-refractivity contribution in [2.24, 2.45) is 0 Å². The Hall–Kier alpha value is -1.72. The SMILES string of the molecule is O=C(NCCc1nnc(NS(=O)(=O)c2cc(Cl)ccc2Cl)s1)c1cccc(Br)c1. The van der Waals surface area contributed by atoms with E-state index >= 15 is 0 Å². The standard InChI is InChI=1S/C17H13BrCl2N4O3S2/c18-11-3-1-2-10(8-11)16(25)21-7-6-15-22-23-17(28-15)24-29(26,27)14-9-12(19)4-5-13(14)20/h1-5,8-9H,6-7H2,(H,21,25)(H,23,24). The lowest BCUT2D eigenvalue weighted by molar-refractivity contribution is 0.0954. The van der Waals surface area contributed by atoms with Crippen LogP contribution in [0.1, 0.15) is 15.4 Å². The number of sulfonamides is 1. The summed E-state index contributed by atoms with van der Waals surface area (Å²) in [7, 11) is -3.96. The third-order valence-electron chi connectivity index (χ3n) is 3.58. The first kappa shape index (κ1) is 22.0. The molecule has 0 spiro atoms. The van der Waals surface area contributed by atoms with Crippen LogP contribution in [0, 0.1) is 0 Å². The van der Waals surface area contributed by atoms with Gasteiger partial charge in [-0.2, -0.15) is 0 Å². The quantitative estimate of drug-likeness (QED) is 0.467. The number of hydrogen-bond acceptors (Lipinski definition) is 6. The molecule has 0 radical (unpaired) electrons. The lowest BCUT2D eigenvalue weighted by Crippen LogP contribution is -2.25. The maximum atomic E-state index is 12.5.